The van der Waals surface area contributed by atoms with Gasteiger partial charge in [-0.2, -0.15) is 0 Å². The number of nitrogens with one attached hydrogen (secondary N) is 1. The standard InChI is InChI=1S/C58H115N2O6P/c1-6-8-10-12-14-16-18-20-22-24-26-27-28-29-30-31-32-33-34-36-38-40-42-44-46-48-50-52-58(62)59-56(55-66-67(63,64)65-54-53-60(3,4)5)57(61)51-49-47-45-43-41-39-37-35-25-23-21-19-17-15-13-11-9-7-2/h41,43,49,51,56-57,61H,6-40,42,44-48,50,52-55H2,1-5H3,(H-,59,62,63,64)/b43-41+,51-49+. The SMILES string of the molecule is CCCCCCCCCCCCCC/C=C/CC/C=C/C(O)C(COP(=O)([O-])OCC[N+](C)(C)C)NC(=O)CCCCCCCCCCCCCCCCCCCCCCCCCCCCC. The van der Waals surface area contributed by atoms with Crippen molar-refractivity contribution < 1.29 is 32.9 Å². The van der Waals surface area contributed by atoms with E-state index in [1.54, 1.807) is 6.08 Å². The number of carbonyl (C=O) groups is 1. The highest BCUT2D eigenvalue weighted by Crippen LogP contribution is 2.38. The molecule has 2 N–H and O–H groups in total. The molecule has 0 aliphatic rings. The molecule has 0 aliphatic heterocycles. The Morgan fingerprint density at radius 3 is 1.21 bits per heavy atom. The number of allylic oxidation sites excluding steroid dienone is 3. The van der Waals surface area contributed by atoms with Gasteiger partial charge in [-0.3, -0.25) is 9.36 Å². The lowest BCUT2D eigenvalue weighted by Gasteiger charge is -2.29. The van der Waals surface area contributed by atoms with E-state index in [0.717, 1.165) is 38.5 Å². The van der Waals surface area contributed by atoms with Gasteiger partial charge in [0.15, 0.2) is 0 Å². The van der Waals surface area contributed by atoms with Gasteiger partial charge in [0.25, 0.3) is 7.82 Å². The van der Waals surface area contributed by atoms with Gasteiger partial charge in [0.2, 0.25) is 5.91 Å². The van der Waals surface area contributed by atoms with Crippen LogP contribution in [0.5, 0.6) is 0 Å². The third kappa shape index (κ3) is 52.6. The van der Waals surface area contributed by atoms with Gasteiger partial charge in [0, 0.05) is 6.42 Å². The summed E-state index contributed by atoms with van der Waals surface area (Å²) in [6, 6.07) is -0.900. The Hall–Kier alpha value is -1.02. The molecule has 0 radical (unpaired) electrons. The van der Waals surface area contributed by atoms with Crippen LogP contribution >= 0.6 is 7.82 Å². The van der Waals surface area contributed by atoms with Crippen LogP contribution in [0.15, 0.2) is 24.3 Å². The van der Waals surface area contributed by atoms with Crippen molar-refractivity contribution in [3.63, 3.8) is 0 Å². The second-order valence-corrected chi connectivity index (χ2v) is 22.8. The van der Waals surface area contributed by atoms with E-state index in [1.165, 1.54) is 231 Å². The molecular weight excluding hydrogens is 852 g/mol. The van der Waals surface area contributed by atoms with Crippen molar-refractivity contribution in [2.45, 2.75) is 302 Å². The number of likely N-dealkylation sites (N-methyl/N-ethyl adjacent to an activating group) is 1. The Labute approximate surface area is 417 Å². The van der Waals surface area contributed by atoms with E-state index in [4.69, 9.17) is 9.05 Å². The highest BCUT2D eigenvalue weighted by molar-refractivity contribution is 7.45. The summed E-state index contributed by atoms with van der Waals surface area (Å²) in [4.78, 5) is 25.5. The molecule has 0 spiro atoms. The summed E-state index contributed by atoms with van der Waals surface area (Å²) in [7, 11) is 1.26. The normalized spacial score (nSPS) is 14.1. The Kier molecular flexibility index (Phi) is 49.2. The summed E-state index contributed by atoms with van der Waals surface area (Å²) in [5.41, 5.74) is 0. The summed E-state index contributed by atoms with van der Waals surface area (Å²) < 4.78 is 23.3. The molecule has 0 bridgehead atoms. The quantitative estimate of drug-likeness (QED) is 0.0272. The predicted molar refractivity (Wildman–Crippen MR) is 289 cm³/mol. The third-order valence-electron chi connectivity index (χ3n) is 13.4. The molecule has 9 heteroatoms. The van der Waals surface area contributed by atoms with Crippen LogP contribution in [0.1, 0.15) is 290 Å². The first-order chi connectivity index (χ1) is 32.5. The van der Waals surface area contributed by atoms with E-state index in [2.05, 4.69) is 31.3 Å². The van der Waals surface area contributed by atoms with Crippen LogP contribution < -0.4 is 10.2 Å². The number of aliphatic hydroxyl groups excluding tert-OH is 1. The maximum absolute atomic E-state index is 13.0. The first-order valence-electron chi connectivity index (χ1n) is 29.2. The molecule has 3 unspecified atom stereocenters. The Morgan fingerprint density at radius 2 is 0.836 bits per heavy atom. The van der Waals surface area contributed by atoms with Gasteiger partial charge < -0.3 is 28.8 Å². The fourth-order valence-corrected chi connectivity index (χ4v) is 9.54. The molecule has 398 valence electrons. The van der Waals surface area contributed by atoms with Crippen molar-refractivity contribution in [1.29, 1.82) is 0 Å². The van der Waals surface area contributed by atoms with Gasteiger partial charge in [-0.1, -0.05) is 276 Å². The first-order valence-corrected chi connectivity index (χ1v) is 30.7. The zero-order chi connectivity index (χ0) is 49.2. The average molecular weight is 968 g/mol. The summed E-state index contributed by atoms with van der Waals surface area (Å²) >= 11 is 0. The molecule has 0 aromatic rings. The molecule has 67 heavy (non-hydrogen) atoms. The summed E-state index contributed by atoms with van der Waals surface area (Å²) in [5, 5.41) is 13.9. The largest absolute Gasteiger partial charge is 0.756 e. The predicted octanol–water partition coefficient (Wildman–Crippen LogP) is 17.0. The molecule has 0 aromatic carbocycles. The molecule has 0 aromatic heterocycles. The van der Waals surface area contributed by atoms with Crippen LogP contribution in [0.3, 0.4) is 0 Å². The van der Waals surface area contributed by atoms with Crippen molar-refractivity contribution in [3.8, 4) is 0 Å². The highest BCUT2D eigenvalue weighted by atomic mass is 31.2. The van der Waals surface area contributed by atoms with E-state index in [9.17, 15) is 19.4 Å². The van der Waals surface area contributed by atoms with Crippen molar-refractivity contribution in [1.82, 2.24) is 5.32 Å². The average Bonchev–Trinajstić information content (AvgIpc) is 3.29. The summed E-state index contributed by atoms with van der Waals surface area (Å²) in [6.07, 6.45) is 62.6. The van der Waals surface area contributed by atoms with Gasteiger partial charge in [-0.05, 0) is 32.1 Å². The minimum absolute atomic E-state index is 0.00375. The number of phosphoric ester groups is 1. The Balaban J connectivity index is 4.15. The molecule has 1 amide bonds. The summed E-state index contributed by atoms with van der Waals surface area (Å²) in [5.74, 6) is -0.201. The van der Waals surface area contributed by atoms with Crippen molar-refractivity contribution in [2.24, 2.45) is 0 Å². The van der Waals surface area contributed by atoms with Gasteiger partial charge >= 0.3 is 0 Å². The van der Waals surface area contributed by atoms with Crippen LogP contribution in [-0.2, 0) is 18.4 Å². The number of nitrogens with zero attached hydrogens (tertiary/aromatic N) is 1. The highest BCUT2D eigenvalue weighted by Gasteiger charge is 2.23. The number of unbranched alkanes of at least 4 members (excludes halogenated alkanes) is 39. The molecule has 0 saturated carbocycles. The van der Waals surface area contributed by atoms with Crippen LogP contribution in [0.2, 0.25) is 0 Å². The van der Waals surface area contributed by atoms with Crippen molar-refractivity contribution >= 4 is 13.7 Å². The molecule has 3 atom stereocenters. The van der Waals surface area contributed by atoms with Crippen LogP contribution in [0, 0.1) is 0 Å². The monoisotopic (exact) mass is 967 g/mol. The van der Waals surface area contributed by atoms with E-state index < -0.39 is 20.0 Å². The van der Waals surface area contributed by atoms with E-state index in [1.807, 2.05) is 27.2 Å². The van der Waals surface area contributed by atoms with Crippen LogP contribution in [0.25, 0.3) is 0 Å². The van der Waals surface area contributed by atoms with E-state index in [0.29, 0.717) is 17.4 Å². The fourth-order valence-electron chi connectivity index (χ4n) is 8.82. The maximum atomic E-state index is 13.0. The fraction of sp³-hybridized carbons (Fsp3) is 0.914. The third-order valence-corrected chi connectivity index (χ3v) is 14.4. The number of hydrogen-bond acceptors (Lipinski definition) is 6. The molecule has 0 rings (SSSR count). The van der Waals surface area contributed by atoms with Crippen molar-refractivity contribution in [3.05, 3.63) is 24.3 Å². The van der Waals surface area contributed by atoms with E-state index >= 15 is 0 Å². The molecule has 0 heterocycles. The number of carbonyl (C=O) groups excluding carboxylic acids is 1. The Morgan fingerprint density at radius 1 is 0.507 bits per heavy atom. The zero-order valence-electron chi connectivity index (χ0n) is 45.4. The lowest BCUT2D eigenvalue weighted by molar-refractivity contribution is -0.870. The smallest absolute Gasteiger partial charge is 0.268 e. The van der Waals surface area contributed by atoms with Crippen molar-refractivity contribution in [2.75, 3.05) is 40.9 Å². The molecule has 0 aliphatic carbocycles. The second kappa shape index (κ2) is 49.9. The van der Waals surface area contributed by atoms with E-state index in [-0.39, 0.29) is 19.1 Å². The van der Waals surface area contributed by atoms with Gasteiger partial charge in [0.1, 0.15) is 13.2 Å². The summed E-state index contributed by atoms with van der Waals surface area (Å²) in [6.45, 7) is 4.67. The second-order valence-electron chi connectivity index (χ2n) is 21.4. The van der Waals surface area contributed by atoms with Gasteiger partial charge in [-0.15, -0.1) is 0 Å². The molecule has 0 fully saturated rings. The van der Waals surface area contributed by atoms with Crippen LogP contribution in [-0.4, -0.2) is 68.5 Å². The minimum atomic E-state index is -4.60. The topological polar surface area (TPSA) is 108 Å². The zero-order valence-corrected chi connectivity index (χ0v) is 46.3. The van der Waals surface area contributed by atoms with Gasteiger partial charge in [-0.25, -0.2) is 0 Å². The van der Waals surface area contributed by atoms with Crippen LogP contribution in [0.4, 0.5) is 0 Å². The Bertz CT molecular complexity index is 1140. The number of phosphoric acid groups is 1. The molecule has 8 nitrogen and oxygen atoms in total. The number of aliphatic hydroxyl groups is 1. The molecular formula is C58H115N2O6P. The lowest BCUT2D eigenvalue weighted by Crippen LogP contribution is -2.45. The molecule has 0 saturated heterocycles. The number of hydrogen-bond donors (Lipinski definition) is 2. The first kappa shape index (κ1) is 66.0. The minimum Gasteiger partial charge on any atom is -0.756 e. The number of quaternary nitrogens is 1. The maximum Gasteiger partial charge on any atom is 0.268 e. The lowest BCUT2D eigenvalue weighted by atomic mass is 10.0. The number of rotatable bonds is 54. The number of amides is 1. The van der Waals surface area contributed by atoms with Gasteiger partial charge in [0.05, 0.1) is 39.9 Å².